The minimum absolute atomic E-state index is 0.0264. The number of fused-ring (bicyclic) bond motifs is 2. The van der Waals surface area contributed by atoms with Gasteiger partial charge in [0.1, 0.15) is 23.8 Å². The normalized spacial score (nSPS) is 17.0. The van der Waals surface area contributed by atoms with Crippen LogP contribution >= 0.6 is 0 Å². The van der Waals surface area contributed by atoms with Crippen molar-refractivity contribution in [3.63, 3.8) is 0 Å². The highest BCUT2D eigenvalue weighted by Crippen LogP contribution is 2.43. The average molecular weight is 1100 g/mol. The number of piperidine rings is 1. The first kappa shape index (κ1) is 61.2. The van der Waals surface area contributed by atoms with Gasteiger partial charge < -0.3 is 54.7 Å². The summed E-state index contributed by atoms with van der Waals surface area (Å²) in [5.41, 5.74) is 18.5. The van der Waals surface area contributed by atoms with Crippen LogP contribution in [0.25, 0.3) is 5.57 Å². The maximum Gasteiger partial charge on any atom is 0.737 e. The number of allylic oxidation sites excluding steroid dienone is 3. The van der Waals surface area contributed by atoms with E-state index in [1.807, 2.05) is 52.1 Å². The van der Waals surface area contributed by atoms with E-state index in [0.717, 1.165) is 28.8 Å². The second kappa shape index (κ2) is 27.2. The van der Waals surface area contributed by atoms with Crippen molar-refractivity contribution in [1.82, 2.24) is 40.3 Å². The maximum absolute atomic E-state index is 16.0. The van der Waals surface area contributed by atoms with Crippen molar-refractivity contribution in [3.05, 3.63) is 87.1 Å². The highest BCUT2D eigenvalue weighted by molar-refractivity contribution is 6.58. The summed E-state index contributed by atoms with van der Waals surface area (Å²) in [6.07, 6.45) is 10.2. The van der Waals surface area contributed by atoms with E-state index in [0.29, 0.717) is 110 Å². The largest absolute Gasteiger partial charge is 0.737 e. The Morgan fingerprint density at radius 3 is 2.29 bits per heavy atom. The summed E-state index contributed by atoms with van der Waals surface area (Å²) in [5, 5.41) is 17.4. The third-order valence-corrected chi connectivity index (χ3v) is 15.1. The number of esters is 1. The molecule has 0 radical (unpaired) electrons. The lowest BCUT2D eigenvalue weighted by molar-refractivity contribution is -0.363. The summed E-state index contributed by atoms with van der Waals surface area (Å²) in [5.74, 6) is -3.48. The highest BCUT2D eigenvalue weighted by atomic mass is 19.2. The molecule has 3 aliphatic heterocycles. The molecule has 0 aliphatic carbocycles. The average Bonchev–Trinajstić information content (AvgIpc) is 4.12. The van der Waals surface area contributed by atoms with Gasteiger partial charge in [0.15, 0.2) is 24.0 Å². The Balaban J connectivity index is 0.993. The molecule has 19 nitrogen and oxygen atoms in total. The SMILES string of the molecule is CC1=CC(C)=[N+]2C1=C(CCCc1cn(CCCCCC(=O)N[C@@H](CC(C)C)C(=O)N[C@H](C(=O)N3CCCC[C@H]3C(=O)N[C@@H](CCCN=C(N)N)C(=O)COC(=O)c3c(C)cccc3C)C(C)C)nn1)c1c(C)cc(C)n1[B-]2(F)F. The zero-order valence-electron chi connectivity index (χ0n) is 47.9. The van der Waals surface area contributed by atoms with Crippen LogP contribution in [0.15, 0.2) is 52.8 Å². The Hall–Kier alpha value is -7.00. The van der Waals surface area contributed by atoms with Crippen molar-refractivity contribution in [1.29, 1.82) is 0 Å². The second-order valence-electron chi connectivity index (χ2n) is 22.4. The van der Waals surface area contributed by atoms with Gasteiger partial charge in [0.25, 0.3) is 0 Å². The van der Waals surface area contributed by atoms with Crippen LogP contribution in [-0.2, 0) is 41.7 Å². The quantitative estimate of drug-likeness (QED) is 0.0186. The molecule has 7 N–H and O–H groups in total. The fourth-order valence-corrected chi connectivity index (χ4v) is 11.3. The van der Waals surface area contributed by atoms with Crippen molar-refractivity contribution < 1.29 is 46.6 Å². The summed E-state index contributed by atoms with van der Waals surface area (Å²) in [7, 11) is 0. The zero-order valence-corrected chi connectivity index (χ0v) is 47.9. The molecule has 0 spiro atoms. The van der Waals surface area contributed by atoms with Crippen molar-refractivity contribution in [3.8, 4) is 0 Å². The number of nitrogens with zero attached hydrogens (tertiary/aromatic N) is 7. The van der Waals surface area contributed by atoms with E-state index in [-0.39, 0.29) is 49.6 Å². The molecule has 0 unspecified atom stereocenters. The number of ketones is 1. The van der Waals surface area contributed by atoms with Crippen LogP contribution in [0.4, 0.5) is 8.63 Å². The number of carbonyl (C=O) groups excluding carboxylic acids is 6. The molecule has 6 rings (SSSR count). The number of unbranched alkanes of at least 4 members (excludes halogenated alkanes) is 2. The number of ether oxygens (including phenoxy) is 1. The van der Waals surface area contributed by atoms with Gasteiger partial charge in [-0.1, -0.05) is 57.5 Å². The first-order valence-corrected chi connectivity index (χ1v) is 28.1. The van der Waals surface area contributed by atoms with E-state index in [1.54, 1.807) is 58.4 Å². The number of Topliss-reactive ketones (excluding diaryl/α,β-unsaturated/α-hetero) is 1. The van der Waals surface area contributed by atoms with Crippen LogP contribution in [0.5, 0.6) is 0 Å². The molecule has 22 heteroatoms. The molecular formula is C57H83BF2N12O7. The van der Waals surface area contributed by atoms with Crippen LogP contribution in [0.2, 0.25) is 0 Å². The number of nitrogens with one attached hydrogen (secondary N) is 3. The smallest absolute Gasteiger partial charge is 0.454 e. The first-order valence-electron chi connectivity index (χ1n) is 28.1. The lowest BCUT2D eigenvalue weighted by Gasteiger charge is -2.38. The summed E-state index contributed by atoms with van der Waals surface area (Å²) >= 11 is 0. The van der Waals surface area contributed by atoms with Crippen LogP contribution in [0.3, 0.4) is 0 Å². The number of rotatable bonds is 27. The molecule has 1 aromatic carbocycles. The second-order valence-corrected chi connectivity index (χ2v) is 22.4. The Morgan fingerprint density at radius 1 is 0.886 bits per heavy atom. The maximum atomic E-state index is 16.0. The molecule has 430 valence electrons. The predicted molar refractivity (Wildman–Crippen MR) is 301 cm³/mol. The van der Waals surface area contributed by atoms with E-state index in [2.05, 4.69) is 31.3 Å². The number of hydrogen-bond donors (Lipinski definition) is 5. The number of aliphatic imine (C=N–C) groups is 1. The fourth-order valence-electron chi connectivity index (χ4n) is 11.3. The van der Waals surface area contributed by atoms with Gasteiger partial charge in [-0.2, -0.15) is 0 Å². The Morgan fingerprint density at radius 2 is 1.61 bits per heavy atom. The summed E-state index contributed by atoms with van der Waals surface area (Å²) in [6.45, 7) is 14.7. The Kier molecular flexibility index (Phi) is 21.1. The zero-order chi connectivity index (χ0) is 57.9. The lowest BCUT2D eigenvalue weighted by atomic mass is 9.84. The predicted octanol–water partition coefficient (Wildman–Crippen LogP) is 6.29. The fraction of sp³-hybridized carbons (Fsp3) is 0.579. The molecule has 1 saturated heterocycles. The molecular weight excluding hydrogens is 1010 g/mol. The molecule has 0 saturated carbocycles. The van der Waals surface area contributed by atoms with Gasteiger partial charge in [-0.15, -0.1) is 5.10 Å². The number of benzene rings is 1. The number of likely N-dealkylation sites (tertiary alicyclic amines) is 1. The van der Waals surface area contributed by atoms with Crippen LogP contribution < -0.4 is 27.4 Å². The monoisotopic (exact) mass is 1100 g/mol. The molecule has 79 heavy (non-hydrogen) atoms. The summed E-state index contributed by atoms with van der Waals surface area (Å²) < 4.78 is 41.7. The molecule has 4 atom stereocenters. The third kappa shape index (κ3) is 15.2. The molecule has 5 heterocycles. The van der Waals surface area contributed by atoms with Crippen molar-refractivity contribution >= 4 is 59.6 Å². The van der Waals surface area contributed by atoms with E-state index < -0.39 is 67.2 Å². The summed E-state index contributed by atoms with van der Waals surface area (Å²) in [6, 6.07) is 3.22. The number of carbonyl (C=O) groups is 6. The topological polar surface area (TPSA) is 254 Å². The van der Waals surface area contributed by atoms with Gasteiger partial charge >= 0.3 is 12.9 Å². The van der Waals surface area contributed by atoms with Gasteiger partial charge in [-0.25, -0.2) is 4.79 Å². The lowest BCUT2D eigenvalue weighted by Crippen LogP contribution is -2.61. The van der Waals surface area contributed by atoms with Gasteiger partial charge in [0.05, 0.1) is 17.3 Å². The number of guanidine groups is 1. The number of hydrogen-bond acceptors (Lipinski definition) is 10. The minimum atomic E-state index is -4.02. The number of nitrogens with two attached hydrogens (primary N) is 2. The summed E-state index contributed by atoms with van der Waals surface area (Å²) in [4.78, 5) is 88.3. The Labute approximate surface area is 463 Å². The highest BCUT2D eigenvalue weighted by Gasteiger charge is 2.55. The molecule has 3 aliphatic rings. The van der Waals surface area contributed by atoms with Gasteiger partial charge in [0.2, 0.25) is 23.6 Å². The van der Waals surface area contributed by atoms with Crippen LogP contribution in [0.1, 0.15) is 163 Å². The van der Waals surface area contributed by atoms with E-state index in [9.17, 15) is 28.8 Å². The van der Waals surface area contributed by atoms with Gasteiger partial charge in [0, 0.05) is 62.1 Å². The van der Waals surface area contributed by atoms with E-state index in [4.69, 9.17) is 16.2 Å². The molecule has 2 aromatic heterocycles. The molecule has 3 aromatic rings. The first-order chi connectivity index (χ1) is 37.4. The van der Waals surface area contributed by atoms with Crippen molar-refractivity contribution in [2.45, 2.75) is 183 Å². The van der Waals surface area contributed by atoms with Gasteiger partial charge in [-0.3, -0.25) is 33.6 Å². The van der Waals surface area contributed by atoms with E-state index >= 15 is 8.63 Å². The van der Waals surface area contributed by atoms with Crippen molar-refractivity contribution in [2.75, 3.05) is 19.7 Å². The molecule has 0 bridgehead atoms. The molecule has 1 fully saturated rings. The van der Waals surface area contributed by atoms with Gasteiger partial charge in [-0.05, 0) is 146 Å². The number of halogens is 2. The standard InChI is InChI=1S/C57H83BF2N12O7/c1-34(2)29-45(64-48(74)25-12-11-14-27-69-32-42(67-68-69)21-17-22-43-51-38(7)30-40(9)71(51)58(59,60)72-41(10)31-39(8)52(43)72)53(75)66-50(35(3)4)55(77)70-28-15-13-24-46(70)54(76)65-44(23-18-26-63-57(61)62)47(73)33-79-56(78)49-36(5)19-16-20-37(49)6/h16,19-20,30-32,34-35,44-46,50H,11-15,17-18,21-29,33H2,1-10H3,(H,64,74)(H,65,76)(H,66,75)(H4,61,62,63)/t44-,45-,46-,50-/m0/s1. The number of aromatic nitrogens is 4. The van der Waals surface area contributed by atoms with E-state index in [1.165, 1.54) is 13.9 Å². The van der Waals surface area contributed by atoms with Crippen LogP contribution in [0, 0.1) is 39.5 Å². The Bertz CT molecular complexity index is 2860. The third-order valence-electron chi connectivity index (χ3n) is 15.1. The minimum Gasteiger partial charge on any atom is -0.454 e. The van der Waals surface area contributed by atoms with Crippen molar-refractivity contribution in [2.24, 2.45) is 28.3 Å². The number of aryl methyl sites for hydroxylation is 6. The number of amides is 4. The van der Waals surface area contributed by atoms with Crippen LogP contribution in [-0.4, -0.2) is 127 Å². The molecule has 4 amide bonds.